The van der Waals surface area contributed by atoms with Crippen LogP contribution in [0.4, 0.5) is 22.7 Å². The zero-order chi connectivity index (χ0) is 49.0. The van der Waals surface area contributed by atoms with Gasteiger partial charge in [0.25, 0.3) is 0 Å². The van der Waals surface area contributed by atoms with Crippen LogP contribution in [0.2, 0.25) is 0 Å². The summed E-state index contributed by atoms with van der Waals surface area (Å²) in [5, 5.41) is 6.19. The molecule has 0 unspecified atom stereocenters. The molecule has 2 heterocycles. The lowest BCUT2D eigenvalue weighted by Gasteiger charge is -2.28. The lowest BCUT2D eigenvalue weighted by Crippen LogP contribution is -2.16. The molecular formula is C64H68N4O. The molecule has 1 N–H and O–H groups in total. The lowest BCUT2D eigenvalue weighted by atomic mass is 9.85. The monoisotopic (exact) mass is 909 g/mol. The van der Waals surface area contributed by atoms with Gasteiger partial charge in [-0.15, -0.1) is 0 Å². The van der Waals surface area contributed by atoms with E-state index in [1.54, 1.807) is 0 Å². The molecule has 350 valence electrons. The maximum absolute atomic E-state index is 6.84. The predicted octanol–water partition coefficient (Wildman–Crippen LogP) is 18.0. The lowest BCUT2D eigenvalue weighted by molar-refractivity contribution is 0.483. The first-order chi connectivity index (χ1) is 32.6. The second-order valence-electron chi connectivity index (χ2n) is 22.9. The molecule has 0 aliphatic carbocycles. The van der Waals surface area contributed by atoms with E-state index >= 15 is 0 Å². The molecule has 69 heavy (non-hydrogen) atoms. The van der Waals surface area contributed by atoms with E-state index < -0.39 is 0 Å². The molecule has 9 aromatic rings. The minimum Gasteiger partial charge on any atom is -0.457 e. The summed E-state index contributed by atoms with van der Waals surface area (Å²) in [5.41, 5.74) is 16.1. The number of pyridine rings is 1. The molecule has 0 fully saturated rings. The summed E-state index contributed by atoms with van der Waals surface area (Å²) in [4.78, 5) is 7.24. The van der Waals surface area contributed by atoms with Gasteiger partial charge in [-0.1, -0.05) is 162 Å². The van der Waals surface area contributed by atoms with Crippen molar-refractivity contribution >= 4 is 44.6 Å². The molecule has 9 rings (SSSR count). The van der Waals surface area contributed by atoms with Gasteiger partial charge in [0.05, 0.1) is 22.4 Å². The molecule has 7 aromatic carbocycles. The van der Waals surface area contributed by atoms with Gasteiger partial charge in [-0.25, -0.2) is 4.98 Å². The number of hydrogen-bond donors (Lipinski definition) is 1. The van der Waals surface area contributed by atoms with Crippen molar-refractivity contribution < 1.29 is 4.74 Å². The van der Waals surface area contributed by atoms with Crippen molar-refractivity contribution in [1.29, 1.82) is 0 Å². The molecule has 0 aliphatic heterocycles. The number of nitrogens with one attached hydrogen (secondary N) is 1. The molecule has 0 aliphatic rings. The van der Waals surface area contributed by atoms with Crippen molar-refractivity contribution in [2.24, 2.45) is 0 Å². The van der Waals surface area contributed by atoms with E-state index in [2.05, 4.69) is 263 Å². The van der Waals surface area contributed by atoms with Gasteiger partial charge in [-0.3, -0.25) is 4.57 Å². The minimum atomic E-state index is -0.0460. The van der Waals surface area contributed by atoms with Crippen LogP contribution >= 0.6 is 0 Å². The number of benzene rings is 7. The number of ether oxygens (including phenoxy) is 1. The number of aromatic nitrogens is 2. The fourth-order valence-electron chi connectivity index (χ4n) is 9.16. The maximum Gasteiger partial charge on any atom is 0.137 e. The Morgan fingerprint density at radius 1 is 0.449 bits per heavy atom. The Morgan fingerprint density at radius 2 is 1.09 bits per heavy atom. The molecule has 5 heteroatoms. The number of hydrogen-bond acceptors (Lipinski definition) is 4. The quantitative estimate of drug-likeness (QED) is 0.157. The Morgan fingerprint density at radius 3 is 1.78 bits per heavy atom. The summed E-state index contributed by atoms with van der Waals surface area (Å²) < 4.78 is 9.13. The molecular weight excluding hydrogens is 841 g/mol. The van der Waals surface area contributed by atoms with Crippen LogP contribution in [0.15, 0.2) is 170 Å². The molecule has 5 nitrogen and oxygen atoms in total. The highest BCUT2D eigenvalue weighted by Crippen LogP contribution is 2.42. The normalized spacial score (nSPS) is 12.4. The summed E-state index contributed by atoms with van der Waals surface area (Å²) in [6.07, 6.45) is 1.93. The van der Waals surface area contributed by atoms with Crippen molar-refractivity contribution in [3.05, 3.63) is 192 Å². The van der Waals surface area contributed by atoms with Crippen LogP contribution in [0, 0.1) is 0 Å². The highest BCUT2D eigenvalue weighted by atomic mass is 16.5. The summed E-state index contributed by atoms with van der Waals surface area (Å²) in [6.45, 7) is 27.2. The highest BCUT2D eigenvalue weighted by Gasteiger charge is 2.23. The van der Waals surface area contributed by atoms with Crippen molar-refractivity contribution in [2.75, 3.05) is 17.3 Å². The van der Waals surface area contributed by atoms with E-state index in [1.165, 1.54) is 49.9 Å². The van der Waals surface area contributed by atoms with Gasteiger partial charge in [0.2, 0.25) is 0 Å². The fourth-order valence-corrected chi connectivity index (χ4v) is 9.16. The van der Waals surface area contributed by atoms with Crippen LogP contribution in [0.25, 0.3) is 49.9 Å². The zero-order valence-corrected chi connectivity index (χ0v) is 42.9. The fraction of sp³-hybridized carbons (Fsp3) is 0.266. The summed E-state index contributed by atoms with van der Waals surface area (Å²) in [5.74, 6) is 2.39. The highest BCUT2D eigenvalue weighted by molar-refractivity contribution is 6.10. The van der Waals surface area contributed by atoms with E-state index in [4.69, 9.17) is 9.72 Å². The first kappa shape index (κ1) is 47.0. The Kier molecular flexibility index (Phi) is 12.1. The zero-order valence-electron chi connectivity index (χ0n) is 42.9. The molecule has 0 amide bonds. The summed E-state index contributed by atoms with van der Waals surface area (Å²) >= 11 is 0. The Balaban J connectivity index is 1.09. The van der Waals surface area contributed by atoms with Crippen LogP contribution in [-0.2, 0) is 21.7 Å². The average molecular weight is 909 g/mol. The van der Waals surface area contributed by atoms with E-state index in [1.807, 2.05) is 12.3 Å². The van der Waals surface area contributed by atoms with Crippen LogP contribution < -0.4 is 15.0 Å². The second kappa shape index (κ2) is 17.8. The second-order valence-corrected chi connectivity index (χ2v) is 22.9. The topological polar surface area (TPSA) is 42.3 Å². The van der Waals surface area contributed by atoms with Crippen LogP contribution in [0.3, 0.4) is 0 Å². The molecule has 0 saturated carbocycles. The predicted molar refractivity (Wildman–Crippen MR) is 295 cm³/mol. The molecule has 0 bridgehead atoms. The first-order valence-electron chi connectivity index (χ1n) is 24.4. The number of anilines is 4. The van der Waals surface area contributed by atoms with Crippen molar-refractivity contribution in [1.82, 2.24) is 9.55 Å². The van der Waals surface area contributed by atoms with Crippen molar-refractivity contribution in [3.63, 3.8) is 0 Å². The van der Waals surface area contributed by atoms with Gasteiger partial charge in [0.1, 0.15) is 17.3 Å². The van der Waals surface area contributed by atoms with Crippen LogP contribution in [-0.4, -0.2) is 16.6 Å². The van der Waals surface area contributed by atoms with Gasteiger partial charge >= 0.3 is 0 Å². The Labute approximate surface area is 410 Å². The first-order valence-corrected chi connectivity index (χ1v) is 24.4. The van der Waals surface area contributed by atoms with E-state index in [9.17, 15) is 0 Å². The maximum atomic E-state index is 6.84. The summed E-state index contributed by atoms with van der Waals surface area (Å²) in [6, 6.07) is 59.4. The SMILES string of the molecule is CN(c1cccc(Oc2ccc3c4cc(-c5ccc(C(C)(C)C)cc5)ccc4n(-c4cc(C(C)(C)C)ccn4)c3c2)c1)c1cc(C(C)(C)C)ccc1Nc1cc(-c2ccccc2)cc(C(C)(C)C)c1. The molecule has 0 spiro atoms. The molecule has 0 saturated heterocycles. The smallest absolute Gasteiger partial charge is 0.137 e. The third-order valence-electron chi connectivity index (χ3n) is 13.5. The molecule has 2 aromatic heterocycles. The van der Waals surface area contributed by atoms with E-state index in [0.29, 0.717) is 0 Å². The number of nitrogens with zero attached hydrogens (tertiary/aromatic N) is 3. The van der Waals surface area contributed by atoms with E-state index in [-0.39, 0.29) is 21.7 Å². The third kappa shape index (κ3) is 9.92. The Hall–Kier alpha value is -7.11. The molecule has 0 atom stereocenters. The van der Waals surface area contributed by atoms with Gasteiger partial charge in [-0.2, -0.15) is 0 Å². The van der Waals surface area contributed by atoms with Gasteiger partial charge in [0.15, 0.2) is 0 Å². The third-order valence-corrected chi connectivity index (χ3v) is 13.5. The van der Waals surface area contributed by atoms with Gasteiger partial charge in [0, 0.05) is 47.5 Å². The largest absolute Gasteiger partial charge is 0.457 e. The molecule has 0 radical (unpaired) electrons. The van der Waals surface area contributed by atoms with Gasteiger partial charge < -0.3 is 15.0 Å². The van der Waals surface area contributed by atoms with E-state index in [0.717, 1.165) is 56.5 Å². The van der Waals surface area contributed by atoms with Crippen LogP contribution in [0.1, 0.15) is 105 Å². The van der Waals surface area contributed by atoms with Gasteiger partial charge in [-0.05, 0) is 139 Å². The minimum absolute atomic E-state index is 0.0321. The Bertz CT molecular complexity index is 3310. The van der Waals surface area contributed by atoms with Crippen molar-refractivity contribution in [2.45, 2.75) is 105 Å². The number of fused-ring (bicyclic) bond motifs is 3. The summed E-state index contributed by atoms with van der Waals surface area (Å²) in [7, 11) is 2.14. The standard InChI is InChI=1S/C64H68N4O/c1-61(2,3)46-25-22-43(23-26-46)44-24-31-57-55(36-44)54-29-28-53(41-58(54)68(57)60-39-48(32-33-65-60)63(7,8)9)69-52-21-17-20-51(40-52)67(13)59-38-47(62(4,5)6)27-30-56(59)66-50-35-45(42-18-15-14-16-19-42)34-49(37-50)64(10,11)12/h14-41,66H,1-13H3. The average Bonchev–Trinajstić information content (AvgIpc) is 3.63. The van der Waals surface area contributed by atoms with Crippen LogP contribution in [0.5, 0.6) is 11.5 Å². The number of rotatable bonds is 9. The van der Waals surface area contributed by atoms with Crippen molar-refractivity contribution in [3.8, 4) is 39.6 Å².